The van der Waals surface area contributed by atoms with Crippen LogP contribution >= 0.6 is 31.9 Å². The highest BCUT2D eigenvalue weighted by molar-refractivity contribution is 9.11. The van der Waals surface area contributed by atoms with Crippen LogP contribution in [-0.4, -0.2) is 29.9 Å². The van der Waals surface area contributed by atoms with E-state index < -0.39 is 5.91 Å². The fourth-order valence-electron chi connectivity index (χ4n) is 2.44. The zero-order chi connectivity index (χ0) is 19.1. The molecule has 138 valence electrons. The lowest BCUT2D eigenvalue weighted by Gasteiger charge is -2.23. The minimum Gasteiger partial charge on any atom is -0.482 e. The molecule has 0 aliphatic carbocycles. The molecule has 0 aliphatic heterocycles. The number of halogens is 2. The van der Waals surface area contributed by atoms with Gasteiger partial charge in [0, 0.05) is 24.0 Å². The van der Waals surface area contributed by atoms with Crippen LogP contribution in [0.4, 0.5) is 0 Å². The predicted octanol–water partition coefficient (Wildman–Crippen LogP) is 3.80. The lowest BCUT2D eigenvalue weighted by atomic mass is 10.2. The Morgan fingerprint density at radius 1 is 1.15 bits per heavy atom. The van der Waals surface area contributed by atoms with Crippen LogP contribution in [0.5, 0.6) is 5.75 Å². The first-order chi connectivity index (χ1) is 12.4. The molecule has 2 rings (SSSR count). The molecule has 0 aromatic heterocycles. The molecule has 0 fully saturated rings. The van der Waals surface area contributed by atoms with E-state index in [0.717, 1.165) is 20.1 Å². The van der Waals surface area contributed by atoms with Gasteiger partial charge in [0.15, 0.2) is 6.61 Å². The lowest BCUT2D eigenvalue weighted by molar-refractivity contribution is -0.134. The molecular weight excluding hydrogens is 464 g/mol. The number of carbonyl (C=O) groups excluding carboxylic acids is 2. The molecule has 0 aliphatic rings. The average molecular weight is 484 g/mol. The van der Waals surface area contributed by atoms with E-state index in [1.807, 2.05) is 49.4 Å². The highest BCUT2D eigenvalue weighted by Crippen LogP contribution is 2.32. The molecule has 0 heterocycles. The molecule has 2 N–H and O–H groups in total. The Balaban J connectivity index is 2.07. The Morgan fingerprint density at radius 3 is 2.46 bits per heavy atom. The lowest BCUT2D eigenvalue weighted by Crippen LogP contribution is -2.36. The summed E-state index contributed by atoms with van der Waals surface area (Å²) in [4.78, 5) is 25.4. The number of benzene rings is 2. The minimum absolute atomic E-state index is 0.111. The molecule has 0 unspecified atom stereocenters. The highest BCUT2D eigenvalue weighted by Gasteiger charge is 2.17. The van der Waals surface area contributed by atoms with Gasteiger partial charge in [-0.3, -0.25) is 9.59 Å². The molecule has 0 atom stereocenters. The molecule has 26 heavy (non-hydrogen) atoms. The second kappa shape index (κ2) is 9.73. The molecule has 0 radical (unpaired) electrons. The van der Waals surface area contributed by atoms with Crippen LogP contribution in [-0.2, 0) is 16.1 Å². The third kappa shape index (κ3) is 6.14. The van der Waals surface area contributed by atoms with Crippen molar-refractivity contribution in [1.82, 2.24) is 4.90 Å². The summed E-state index contributed by atoms with van der Waals surface area (Å²) in [7, 11) is 0. The van der Waals surface area contributed by atoms with Crippen molar-refractivity contribution in [2.45, 2.75) is 19.9 Å². The van der Waals surface area contributed by atoms with Gasteiger partial charge in [0.1, 0.15) is 5.75 Å². The van der Waals surface area contributed by atoms with Crippen molar-refractivity contribution in [2.75, 3.05) is 13.2 Å². The Labute approximate surface area is 169 Å². The number of aryl methyl sites for hydroxylation is 1. The molecule has 2 aromatic carbocycles. The maximum Gasteiger partial charge on any atom is 0.260 e. The van der Waals surface area contributed by atoms with Crippen molar-refractivity contribution in [3.8, 4) is 5.75 Å². The van der Waals surface area contributed by atoms with Crippen molar-refractivity contribution < 1.29 is 14.3 Å². The monoisotopic (exact) mass is 482 g/mol. The summed E-state index contributed by atoms with van der Waals surface area (Å²) in [5, 5.41) is 0. The highest BCUT2D eigenvalue weighted by atomic mass is 79.9. The molecule has 0 saturated carbocycles. The van der Waals surface area contributed by atoms with Gasteiger partial charge in [0.05, 0.1) is 4.47 Å². The Morgan fingerprint density at radius 2 is 1.85 bits per heavy atom. The van der Waals surface area contributed by atoms with Crippen LogP contribution in [0.2, 0.25) is 0 Å². The molecule has 5 nitrogen and oxygen atoms in total. The smallest absolute Gasteiger partial charge is 0.260 e. The molecular formula is C19H20Br2N2O3. The summed E-state index contributed by atoms with van der Waals surface area (Å²) in [6.07, 6.45) is 0.111. The van der Waals surface area contributed by atoms with Gasteiger partial charge >= 0.3 is 0 Å². The number of rotatable bonds is 8. The van der Waals surface area contributed by atoms with Crippen molar-refractivity contribution >= 4 is 43.7 Å². The number of amides is 2. The molecule has 2 amide bonds. The number of nitrogens with two attached hydrogens (primary N) is 1. The standard InChI is InChI=1S/C19H20Br2N2O3/c1-13-9-15(20)10-16(21)19(13)26-12-18(25)23(8-7-17(22)24)11-14-5-3-2-4-6-14/h2-6,9-10H,7-8,11-12H2,1H3,(H2,22,24). The van der Waals surface area contributed by atoms with Gasteiger partial charge in [0.25, 0.3) is 5.91 Å². The summed E-state index contributed by atoms with van der Waals surface area (Å²) in [6, 6.07) is 13.4. The number of hydrogen-bond donors (Lipinski definition) is 1. The van der Waals surface area contributed by atoms with Crippen LogP contribution in [0.15, 0.2) is 51.4 Å². The largest absolute Gasteiger partial charge is 0.482 e. The molecule has 0 spiro atoms. The van der Waals surface area contributed by atoms with E-state index in [9.17, 15) is 9.59 Å². The molecule has 0 bridgehead atoms. The summed E-state index contributed by atoms with van der Waals surface area (Å²) < 4.78 is 7.43. The second-order valence-corrected chi connectivity index (χ2v) is 7.61. The zero-order valence-electron chi connectivity index (χ0n) is 14.4. The summed E-state index contributed by atoms with van der Waals surface area (Å²) in [6.45, 7) is 2.44. The first-order valence-corrected chi connectivity index (χ1v) is 9.64. The van der Waals surface area contributed by atoms with E-state index >= 15 is 0 Å². The van der Waals surface area contributed by atoms with Gasteiger partial charge in [-0.1, -0.05) is 46.3 Å². The Kier molecular flexibility index (Phi) is 7.66. The SMILES string of the molecule is Cc1cc(Br)cc(Br)c1OCC(=O)N(CCC(N)=O)Cc1ccccc1. The fourth-order valence-corrected chi connectivity index (χ4v) is 3.99. The quantitative estimate of drug-likeness (QED) is 0.620. The predicted molar refractivity (Wildman–Crippen MR) is 108 cm³/mol. The number of hydrogen-bond acceptors (Lipinski definition) is 3. The van der Waals surface area contributed by atoms with Crippen LogP contribution in [0.25, 0.3) is 0 Å². The normalized spacial score (nSPS) is 10.4. The van der Waals surface area contributed by atoms with Gasteiger partial charge in [-0.05, 0) is 46.1 Å². The zero-order valence-corrected chi connectivity index (χ0v) is 17.5. The topological polar surface area (TPSA) is 72.6 Å². The third-order valence-electron chi connectivity index (χ3n) is 3.73. The Hall–Kier alpha value is -1.86. The van der Waals surface area contributed by atoms with Crippen molar-refractivity contribution in [2.24, 2.45) is 5.73 Å². The maximum absolute atomic E-state index is 12.6. The number of nitrogens with zero attached hydrogens (tertiary/aromatic N) is 1. The maximum atomic E-state index is 12.6. The Bertz CT molecular complexity index is 759. The number of carbonyl (C=O) groups is 2. The van der Waals surface area contributed by atoms with E-state index in [2.05, 4.69) is 31.9 Å². The number of primary amides is 1. The number of ether oxygens (including phenoxy) is 1. The average Bonchev–Trinajstić information content (AvgIpc) is 2.58. The summed E-state index contributed by atoms with van der Waals surface area (Å²) >= 11 is 6.86. The van der Waals surface area contributed by atoms with E-state index in [-0.39, 0.29) is 25.5 Å². The van der Waals surface area contributed by atoms with Crippen LogP contribution in [0, 0.1) is 6.92 Å². The first-order valence-electron chi connectivity index (χ1n) is 8.05. The van der Waals surface area contributed by atoms with Gasteiger partial charge in [-0.25, -0.2) is 0 Å². The van der Waals surface area contributed by atoms with Crippen LogP contribution in [0.3, 0.4) is 0 Å². The van der Waals surface area contributed by atoms with Gasteiger partial charge in [0.2, 0.25) is 5.91 Å². The van der Waals surface area contributed by atoms with E-state index in [4.69, 9.17) is 10.5 Å². The third-order valence-corrected chi connectivity index (χ3v) is 4.78. The van der Waals surface area contributed by atoms with Crippen molar-refractivity contribution in [3.05, 3.63) is 62.5 Å². The fraction of sp³-hybridized carbons (Fsp3) is 0.263. The van der Waals surface area contributed by atoms with E-state index in [1.54, 1.807) is 4.90 Å². The summed E-state index contributed by atoms with van der Waals surface area (Å²) in [5.41, 5.74) is 7.12. The van der Waals surface area contributed by atoms with E-state index in [0.29, 0.717) is 12.3 Å². The first kappa shape index (κ1) is 20.5. The molecule has 2 aromatic rings. The minimum atomic E-state index is -0.441. The van der Waals surface area contributed by atoms with Crippen molar-refractivity contribution in [3.63, 3.8) is 0 Å². The molecule has 0 saturated heterocycles. The van der Waals surface area contributed by atoms with Crippen LogP contribution in [0.1, 0.15) is 17.5 Å². The summed E-state index contributed by atoms with van der Waals surface area (Å²) in [5.74, 6) is -0.0243. The second-order valence-electron chi connectivity index (χ2n) is 5.84. The van der Waals surface area contributed by atoms with E-state index in [1.165, 1.54) is 0 Å². The molecule has 7 heteroatoms. The van der Waals surface area contributed by atoms with Gasteiger partial charge in [-0.2, -0.15) is 0 Å². The van der Waals surface area contributed by atoms with Crippen LogP contribution < -0.4 is 10.5 Å². The van der Waals surface area contributed by atoms with Gasteiger partial charge in [-0.15, -0.1) is 0 Å². The van der Waals surface area contributed by atoms with Crippen molar-refractivity contribution in [1.29, 1.82) is 0 Å². The van der Waals surface area contributed by atoms with Gasteiger partial charge < -0.3 is 15.4 Å².